The highest BCUT2D eigenvalue weighted by Gasteiger charge is 2.31. The van der Waals surface area contributed by atoms with E-state index < -0.39 is 5.97 Å². The maximum atomic E-state index is 12.8. The van der Waals surface area contributed by atoms with Gasteiger partial charge in [0.1, 0.15) is 5.25 Å². The van der Waals surface area contributed by atoms with Crippen LogP contribution in [0.5, 0.6) is 0 Å². The number of hydrogen-bond donors (Lipinski definition) is 1. The van der Waals surface area contributed by atoms with E-state index >= 15 is 0 Å². The van der Waals surface area contributed by atoms with E-state index in [1.54, 1.807) is 16.7 Å². The lowest BCUT2D eigenvalue weighted by Gasteiger charge is -2.32. The molecule has 0 aromatic heterocycles. The molecule has 1 N–H and O–H groups in total. The SMILES string of the molecule is CC(C)N(CCC(=O)O)C(=O)C1SCCc2ccccc21. The second-order valence-electron chi connectivity index (χ2n) is 5.47. The molecule has 0 spiro atoms. The highest BCUT2D eigenvalue weighted by molar-refractivity contribution is 8.00. The second kappa shape index (κ2) is 6.98. The maximum absolute atomic E-state index is 12.8. The van der Waals surface area contributed by atoms with Crippen molar-refractivity contribution < 1.29 is 14.7 Å². The summed E-state index contributed by atoms with van der Waals surface area (Å²) in [5.74, 6) is 0.0895. The Balaban J connectivity index is 2.19. The van der Waals surface area contributed by atoms with Crippen molar-refractivity contribution in [1.29, 1.82) is 0 Å². The van der Waals surface area contributed by atoms with Gasteiger partial charge < -0.3 is 10.0 Å². The van der Waals surface area contributed by atoms with Gasteiger partial charge in [0.05, 0.1) is 6.42 Å². The maximum Gasteiger partial charge on any atom is 0.305 e. The Morgan fingerprint density at radius 1 is 1.38 bits per heavy atom. The normalized spacial score (nSPS) is 17.4. The number of carboxylic acids is 1. The minimum atomic E-state index is -0.870. The minimum absolute atomic E-state index is 0.00605. The van der Waals surface area contributed by atoms with Crippen LogP contribution in [0, 0.1) is 0 Å². The molecule has 1 aliphatic heterocycles. The topological polar surface area (TPSA) is 57.6 Å². The number of hydrogen-bond acceptors (Lipinski definition) is 3. The zero-order chi connectivity index (χ0) is 15.4. The average Bonchev–Trinajstić information content (AvgIpc) is 2.46. The molecule has 4 nitrogen and oxygen atoms in total. The number of amides is 1. The van der Waals surface area contributed by atoms with Crippen molar-refractivity contribution in [3.05, 3.63) is 35.4 Å². The lowest BCUT2D eigenvalue weighted by molar-refractivity contribution is -0.139. The van der Waals surface area contributed by atoms with Gasteiger partial charge in [0, 0.05) is 12.6 Å². The van der Waals surface area contributed by atoms with E-state index in [2.05, 4.69) is 6.07 Å². The summed E-state index contributed by atoms with van der Waals surface area (Å²) >= 11 is 1.66. The van der Waals surface area contributed by atoms with Crippen LogP contribution in [0.4, 0.5) is 0 Å². The summed E-state index contributed by atoms with van der Waals surface area (Å²) in [4.78, 5) is 25.3. The van der Waals surface area contributed by atoms with Gasteiger partial charge in [-0.15, -0.1) is 11.8 Å². The quantitative estimate of drug-likeness (QED) is 0.908. The first-order valence-corrected chi connectivity index (χ1v) is 8.27. The van der Waals surface area contributed by atoms with E-state index in [0.29, 0.717) is 0 Å². The molecular formula is C16H21NO3S. The van der Waals surface area contributed by atoms with Crippen molar-refractivity contribution in [3.8, 4) is 0 Å². The Bertz CT molecular complexity index is 530. The van der Waals surface area contributed by atoms with Gasteiger partial charge in [0.2, 0.25) is 5.91 Å². The number of rotatable bonds is 5. The van der Waals surface area contributed by atoms with Crippen molar-refractivity contribution in [3.63, 3.8) is 0 Å². The summed E-state index contributed by atoms with van der Waals surface area (Å²) < 4.78 is 0. The predicted molar refractivity (Wildman–Crippen MR) is 84.4 cm³/mol. The van der Waals surface area contributed by atoms with E-state index in [0.717, 1.165) is 17.7 Å². The summed E-state index contributed by atoms with van der Waals surface area (Å²) in [5, 5.41) is 8.65. The fourth-order valence-electron chi connectivity index (χ4n) is 2.59. The lowest BCUT2D eigenvalue weighted by atomic mass is 10.0. The molecule has 0 fully saturated rings. The first kappa shape index (κ1) is 15.9. The Labute approximate surface area is 129 Å². The standard InChI is InChI=1S/C16H21NO3S/c1-11(2)17(9-7-14(18)19)16(20)15-13-6-4-3-5-12(13)8-10-21-15/h3-6,11,15H,7-10H2,1-2H3,(H,18,19). The highest BCUT2D eigenvalue weighted by atomic mass is 32.2. The molecule has 1 aliphatic rings. The molecule has 5 heteroatoms. The Kier molecular flexibility index (Phi) is 5.28. The van der Waals surface area contributed by atoms with Gasteiger partial charge in [0.25, 0.3) is 0 Å². The van der Waals surface area contributed by atoms with Gasteiger partial charge in [-0.25, -0.2) is 0 Å². The van der Waals surface area contributed by atoms with Gasteiger partial charge >= 0.3 is 5.97 Å². The summed E-state index contributed by atoms with van der Waals surface area (Å²) in [7, 11) is 0. The monoisotopic (exact) mass is 307 g/mol. The Hall–Kier alpha value is -1.49. The van der Waals surface area contributed by atoms with E-state index in [1.165, 1.54) is 5.56 Å². The second-order valence-corrected chi connectivity index (χ2v) is 6.68. The van der Waals surface area contributed by atoms with Gasteiger partial charge in [0.15, 0.2) is 0 Å². The van der Waals surface area contributed by atoms with Gasteiger partial charge in [-0.1, -0.05) is 24.3 Å². The van der Waals surface area contributed by atoms with Gasteiger partial charge in [-0.2, -0.15) is 0 Å². The third-order valence-corrected chi connectivity index (χ3v) is 4.92. The van der Waals surface area contributed by atoms with Crippen LogP contribution in [0.3, 0.4) is 0 Å². The molecule has 1 atom stereocenters. The number of benzene rings is 1. The summed E-state index contributed by atoms with van der Waals surface area (Å²) in [5.41, 5.74) is 2.32. The van der Waals surface area contributed by atoms with Crippen LogP contribution in [0.15, 0.2) is 24.3 Å². The molecule has 114 valence electrons. The Morgan fingerprint density at radius 2 is 2.10 bits per heavy atom. The van der Waals surface area contributed by atoms with Crippen molar-refractivity contribution in [1.82, 2.24) is 4.90 Å². The van der Waals surface area contributed by atoms with E-state index in [1.807, 2.05) is 32.0 Å². The molecule has 21 heavy (non-hydrogen) atoms. The molecule has 2 rings (SSSR count). The summed E-state index contributed by atoms with van der Waals surface area (Å²) in [6.45, 7) is 4.13. The third kappa shape index (κ3) is 3.79. The zero-order valence-electron chi connectivity index (χ0n) is 12.4. The zero-order valence-corrected chi connectivity index (χ0v) is 13.2. The molecule has 0 saturated heterocycles. The molecule has 0 saturated carbocycles. The molecule has 1 amide bonds. The molecule has 0 bridgehead atoms. The number of nitrogens with zero attached hydrogens (tertiary/aromatic N) is 1. The molecule has 1 heterocycles. The highest BCUT2D eigenvalue weighted by Crippen LogP contribution is 2.38. The Morgan fingerprint density at radius 3 is 2.76 bits per heavy atom. The van der Waals surface area contributed by atoms with Crippen LogP contribution in [-0.4, -0.2) is 40.2 Å². The number of carbonyl (C=O) groups excluding carboxylic acids is 1. The number of carboxylic acid groups (broad SMARTS) is 1. The van der Waals surface area contributed by atoms with Gasteiger partial charge in [-0.3, -0.25) is 9.59 Å². The predicted octanol–water partition coefficient (Wildman–Crippen LogP) is 2.73. The fourth-order valence-corrected chi connectivity index (χ4v) is 3.85. The van der Waals surface area contributed by atoms with Crippen LogP contribution in [-0.2, 0) is 16.0 Å². The average molecular weight is 307 g/mol. The summed E-state index contributed by atoms with van der Waals surface area (Å²) in [6, 6.07) is 8.06. The smallest absolute Gasteiger partial charge is 0.305 e. The van der Waals surface area contributed by atoms with E-state index in [-0.39, 0.29) is 30.2 Å². The van der Waals surface area contributed by atoms with Crippen LogP contribution < -0.4 is 0 Å². The molecule has 0 aliphatic carbocycles. The number of thioether (sulfide) groups is 1. The van der Waals surface area contributed by atoms with E-state index in [9.17, 15) is 9.59 Å². The first-order valence-electron chi connectivity index (χ1n) is 7.22. The molecule has 0 radical (unpaired) electrons. The van der Waals surface area contributed by atoms with Crippen LogP contribution >= 0.6 is 11.8 Å². The third-order valence-electron chi connectivity index (χ3n) is 3.69. The fraction of sp³-hybridized carbons (Fsp3) is 0.500. The van der Waals surface area contributed by atoms with Crippen molar-refractivity contribution in [2.24, 2.45) is 0 Å². The van der Waals surface area contributed by atoms with Crippen LogP contribution in [0.25, 0.3) is 0 Å². The van der Waals surface area contributed by atoms with Crippen LogP contribution in [0.1, 0.15) is 36.6 Å². The summed E-state index contributed by atoms with van der Waals surface area (Å²) in [6.07, 6.45) is 0.977. The molecule has 1 aromatic rings. The largest absolute Gasteiger partial charge is 0.481 e. The van der Waals surface area contributed by atoms with Crippen molar-refractivity contribution >= 4 is 23.6 Å². The number of carbonyl (C=O) groups is 2. The van der Waals surface area contributed by atoms with Crippen LogP contribution in [0.2, 0.25) is 0 Å². The minimum Gasteiger partial charge on any atom is -0.481 e. The van der Waals surface area contributed by atoms with Crippen molar-refractivity contribution in [2.45, 2.75) is 38.0 Å². The molecule has 1 aromatic carbocycles. The van der Waals surface area contributed by atoms with Gasteiger partial charge in [-0.05, 0) is 37.1 Å². The number of aliphatic carboxylic acids is 1. The molecule has 1 unspecified atom stereocenters. The molecular weight excluding hydrogens is 286 g/mol. The van der Waals surface area contributed by atoms with E-state index in [4.69, 9.17) is 5.11 Å². The first-order chi connectivity index (χ1) is 10.0. The number of aryl methyl sites for hydroxylation is 1. The van der Waals surface area contributed by atoms with Crippen molar-refractivity contribution in [2.75, 3.05) is 12.3 Å². The number of fused-ring (bicyclic) bond motifs is 1. The lowest BCUT2D eigenvalue weighted by Crippen LogP contribution is -2.41.